The molecular formula is C18H16F3N5O5. The van der Waals surface area contributed by atoms with Gasteiger partial charge in [-0.15, -0.1) is 0 Å². The summed E-state index contributed by atoms with van der Waals surface area (Å²) in [6.45, 7) is 0.797. The summed E-state index contributed by atoms with van der Waals surface area (Å²) in [7, 11) is 0. The summed E-state index contributed by atoms with van der Waals surface area (Å²) in [5.41, 5.74) is 2.40. The third-order valence-electron chi connectivity index (χ3n) is 4.90. The van der Waals surface area contributed by atoms with E-state index >= 15 is 0 Å². The van der Waals surface area contributed by atoms with Crippen molar-refractivity contribution in [1.82, 2.24) is 0 Å². The van der Waals surface area contributed by atoms with Crippen LogP contribution in [-0.4, -0.2) is 41.9 Å². The molecule has 10 nitrogen and oxygen atoms in total. The monoisotopic (exact) mass is 439 g/mol. The Bertz CT molecular complexity index is 999. The Morgan fingerprint density at radius 3 is 1.74 bits per heavy atom. The highest BCUT2D eigenvalue weighted by molar-refractivity contribution is 5.93. The van der Waals surface area contributed by atoms with E-state index in [9.17, 15) is 38.2 Å². The lowest BCUT2D eigenvalue weighted by Crippen LogP contribution is -2.47. The van der Waals surface area contributed by atoms with Crippen molar-refractivity contribution in [2.75, 3.05) is 36.0 Å². The van der Waals surface area contributed by atoms with Crippen molar-refractivity contribution in [3.63, 3.8) is 0 Å². The lowest BCUT2D eigenvalue weighted by molar-refractivity contribution is -0.393. The Labute approximate surface area is 172 Å². The summed E-state index contributed by atoms with van der Waals surface area (Å²) in [5.74, 6) is -0.585. The van der Waals surface area contributed by atoms with Gasteiger partial charge in [-0.25, -0.2) is 0 Å². The molecule has 0 spiro atoms. The third-order valence-corrected chi connectivity index (χ3v) is 4.90. The van der Waals surface area contributed by atoms with E-state index in [-0.39, 0.29) is 13.1 Å². The number of nitrogens with zero attached hydrogens (tertiary/aromatic N) is 4. The molecule has 1 aliphatic rings. The quantitative estimate of drug-likeness (QED) is 0.559. The normalized spacial score (nSPS) is 14.4. The minimum Gasteiger partial charge on any atom is -0.368 e. The molecule has 1 amide bonds. The molecule has 31 heavy (non-hydrogen) atoms. The molecule has 2 aromatic carbocycles. The molecule has 0 aliphatic carbocycles. The summed E-state index contributed by atoms with van der Waals surface area (Å²) in [6, 6.07) is 7.04. The van der Waals surface area contributed by atoms with Gasteiger partial charge in [0.1, 0.15) is 0 Å². The first-order valence-corrected chi connectivity index (χ1v) is 8.93. The summed E-state index contributed by atoms with van der Waals surface area (Å²) in [6.07, 6.45) is -4.97. The van der Waals surface area contributed by atoms with Crippen LogP contribution in [0.1, 0.15) is 15.9 Å². The van der Waals surface area contributed by atoms with Crippen molar-refractivity contribution in [1.29, 1.82) is 0 Å². The maximum absolute atomic E-state index is 13.1. The van der Waals surface area contributed by atoms with Gasteiger partial charge in [0.2, 0.25) is 5.91 Å². The number of piperazine rings is 1. The predicted molar refractivity (Wildman–Crippen MR) is 104 cm³/mol. The van der Waals surface area contributed by atoms with E-state index in [1.54, 1.807) is 12.1 Å². The molecule has 2 aromatic rings. The molecule has 1 heterocycles. The van der Waals surface area contributed by atoms with Crippen LogP contribution in [0.3, 0.4) is 0 Å². The third kappa shape index (κ3) is 4.49. The standard InChI is InChI=1S/C18H16F3N5O5/c19-18(20,21)12-9-14(25(28)29)16(15(10-12)26(30)31)24-7-5-23(6-8-24)13-3-1-11(2-4-13)17(22)27/h1-4,9-10H,5-8H2,(H2,22,27). The topological polar surface area (TPSA) is 136 Å². The van der Waals surface area contributed by atoms with Crippen LogP contribution in [0.2, 0.25) is 0 Å². The van der Waals surface area contributed by atoms with Crippen LogP contribution >= 0.6 is 0 Å². The highest BCUT2D eigenvalue weighted by atomic mass is 19.4. The van der Waals surface area contributed by atoms with Crippen molar-refractivity contribution in [3.8, 4) is 0 Å². The molecular weight excluding hydrogens is 423 g/mol. The number of anilines is 2. The first-order valence-electron chi connectivity index (χ1n) is 8.93. The average Bonchev–Trinajstić information content (AvgIpc) is 2.72. The van der Waals surface area contributed by atoms with Gasteiger partial charge in [-0.05, 0) is 24.3 Å². The van der Waals surface area contributed by atoms with Crippen molar-refractivity contribution in [2.24, 2.45) is 5.73 Å². The van der Waals surface area contributed by atoms with E-state index in [2.05, 4.69) is 0 Å². The number of amides is 1. The fourth-order valence-electron chi connectivity index (χ4n) is 3.39. The SMILES string of the molecule is NC(=O)c1ccc(N2CCN(c3c([N+](=O)[O-])cc(C(F)(F)F)cc3[N+](=O)[O-])CC2)cc1. The molecule has 1 fully saturated rings. The molecule has 0 radical (unpaired) electrons. The number of primary amides is 1. The maximum Gasteiger partial charge on any atom is 0.416 e. The fourth-order valence-corrected chi connectivity index (χ4v) is 3.39. The number of nitrogens with two attached hydrogens (primary N) is 1. The van der Waals surface area contributed by atoms with Gasteiger partial charge in [0.05, 0.1) is 15.4 Å². The molecule has 0 aromatic heterocycles. The molecule has 164 valence electrons. The van der Waals surface area contributed by atoms with E-state index in [1.807, 2.05) is 4.90 Å². The zero-order valence-electron chi connectivity index (χ0n) is 15.8. The van der Waals surface area contributed by atoms with Crippen LogP contribution in [0.15, 0.2) is 36.4 Å². The number of halogens is 3. The number of hydrogen-bond acceptors (Lipinski definition) is 7. The van der Waals surface area contributed by atoms with Crippen LogP contribution in [0.4, 0.5) is 35.9 Å². The summed E-state index contributed by atoms with van der Waals surface area (Å²) in [5, 5.41) is 22.9. The molecule has 0 atom stereocenters. The minimum atomic E-state index is -4.97. The largest absolute Gasteiger partial charge is 0.416 e. The number of carbonyl (C=O) groups is 1. The molecule has 1 aliphatic heterocycles. The molecule has 0 unspecified atom stereocenters. The number of nitro groups is 2. The Balaban J connectivity index is 1.90. The predicted octanol–water partition coefficient (Wildman–Crippen LogP) is 2.95. The zero-order valence-corrected chi connectivity index (χ0v) is 15.8. The van der Waals surface area contributed by atoms with Gasteiger partial charge in [0.25, 0.3) is 11.4 Å². The van der Waals surface area contributed by atoms with E-state index in [1.165, 1.54) is 17.0 Å². The molecule has 2 N–H and O–H groups in total. The molecule has 1 saturated heterocycles. The Hall–Kier alpha value is -3.90. The Kier molecular flexibility index (Phi) is 5.69. The lowest BCUT2D eigenvalue weighted by atomic mass is 10.1. The second-order valence-corrected chi connectivity index (χ2v) is 6.76. The van der Waals surface area contributed by atoms with Crippen molar-refractivity contribution < 1.29 is 27.8 Å². The number of alkyl halides is 3. The number of carbonyl (C=O) groups excluding carboxylic acids is 1. The second kappa shape index (κ2) is 8.08. The van der Waals surface area contributed by atoms with Gasteiger partial charge in [-0.1, -0.05) is 0 Å². The van der Waals surface area contributed by atoms with E-state index < -0.39 is 44.6 Å². The van der Waals surface area contributed by atoms with Crippen LogP contribution in [0.25, 0.3) is 0 Å². The van der Waals surface area contributed by atoms with Gasteiger partial charge in [-0.2, -0.15) is 13.2 Å². The fraction of sp³-hybridized carbons (Fsp3) is 0.278. The Morgan fingerprint density at radius 1 is 0.903 bits per heavy atom. The van der Waals surface area contributed by atoms with Crippen LogP contribution in [-0.2, 0) is 6.18 Å². The first-order chi connectivity index (χ1) is 14.5. The highest BCUT2D eigenvalue weighted by Crippen LogP contribution is 2.43. The highest BCUT2D eigenvalue weighted by Gasteiger charge is 2.39. The van der Waals surface area contributed by atoms with E-state index in [4.69, 9.17) is 5.73 Å². The van der Waals surface area contributed by atoms with Crippen LogP contribution < -0.4 is 15.5 Å². The number of nitro benzene ring substituents is 2. The zero-order chi connectivity index (χ0) is 22.9. The summed E-state index contributed by atoms with van der Waals surface area (Å²) in [4.78, 5) is 35.2. The molecule has 0 saturated carbocycles. The van der Waals surface area contributed by atoms with E-state index in [0.717, 1.165) is 5.69 Å². The lowest BCUT2D eigenvalue weighted by Gasteiger charge is -2.36. The Morgan fingerprint density at radius 2 is 1.35 bits per heavy atom. The van der Waals surface area contributed by atoms with E-state index in [0.29, 0.717) is 30.8 Å². The first kappa shape index (κ1) is 21.8. The molecule has 0 bridgehead atoms. The second-order valence-electron chi connectivity index (χ2n) is 6.76. The number of benzene rings is 2. The smallest absolute Gasteiger partial charge is 0.368 e. The van der Waals surface area contributed by atoms with Gasteiger partial charge in [0, 0.05) is 49.6 Å². The molecule has 3 rings (SSSR count). The number of rotatable bonds is 5. The van der Waals surface area contributed by atoms with Crippen molar-refractivity contribution >= 4 is 28.7 Å². The van der Waals surface area contributed by atoms with Gasteiger partial charge in [0.15, 0.2) is 5.69 Å². The minimum absolute atomic E-state index is 0.102. The van der Waals surface area contributed by atoms with Gasteiger partial charge < -0.3 is 15.5 Å². The summed E-state index contributed by atoms with van der Waals surface area (Å²) < 4.78 is 39.2. The van der Waals surface area contributed by atoms with Crippen LogP contribution in [0, 0.1) is 20.2 Å². The van der Waals surface area contributed by atoms with Gasteiger partial charge >= 0.3 is 6.18 Å². The molecule has 13 heteroatoms. The van der Waals surface area contributed by atoms with Crippen LogP contribution in [0.5, 0.6) is 0 Å². The summed E-state index contributed by atoms with van der Waals surface area (Å²) >= 11 is 0. The average molecular weight is 439 g/mol. The van der Waals surface area contributed by atoms with Gasteiger partial charge in [-0.3, -0.25) is 25.0 Å². The number of hydrogen-bond donors (Lipinski definition) is 1. The maximum atomic E-state index is 13.1. The van der Waals surface area contributed by atoms with Crippen molar-refractivity contribution in [3.05, 3.63) is 67.8 Å². The van der Waals surface area contributed by atoms with Crippen molar-refractivity contribution in [2.45, 2.75) is 6.18 Å².